The summed E-state index contributed by atoms with van der Waals surface area (Å²) in [5.74, 6) is -1.02. The lowest BCUT2D eigenvalue weighted by atomic mass is 9.79. The van der Waals surface area contributed by atoms with Gasteiger partial charge < -0.3 is 5.32 Å². The molecule has 0 spiro atoms. The molecule has 5 nitrogen and oxygen atoms in total. The minimum Gasteiger partial charge on any atom is -0.354 e. The first kappa shape index (κ1) is 17.2. The Hall–Kier alpha value is -1.11. The molecule has 0 atom stereocenters. The molecule has 1 fully saturated rings. The van der Waals surface area contributed by atoms with E-state index in [1.807, 2.05) is 24.3 Å². The number of benzene rings is 1. The molecule has 1 amide bonds. The average molecular weight is 345 g/mol. The summed E-state index contributed by atoms with van der Waals surface area (Å²) in [6.07, 6.45) is 4.17. The topological polar surface area (TPSA) is 75.3 Å². The minimum atomic E-state index is -3.53. The van der Waals surface area contributed by atoms with Crippen LogP contribution in [0.15, 0.2) is 24.3 Å². The van der Waals surface area contributed by atoms with Gasteiger partial charge in [0.2, 0.25) is 15.9 Å². The first-order valence-electron chi connectivity index (χ1n) is 7.31. The second kappa shape index (κ2) is 6.98. The zero-order valence-electron chi connectivity index (χ0n) is 12.6. The van der Waals surface area contributed by atoms with Gasteiger partial charge in [0, 0.05) is 17.0 Å². The lowest BCUT2D eigenvalue weighted by Crippen LogP contribution is -2.42. The standard InChI is InChI=1S/C15H21ClN2O3S/c1-17-22(20,21)10-14(19)18-11-15(8-2-3-9-15)12-4-6-13(16)7-5-12/h4-7,17H,2-3,8-11H2,1H3,(H,18,19). The van der Waals surface area contributed by atoms with Crippen LogP contribution < -0.4 is 10.0 Å². The first-order valence-corrected chi connectivity index (χ1v) is 9.34. The maximum atomic E-state index is 11.9. The Balaban J connectivity index is 2.06. The van der Waals surface area contributed by atoms with Crippen LogP contribution in [0.25, 0.3) is 0 Å². The van der Waals surface area contributed by atoms with Crippen molar-refractivity contribution in [2.24, 2.45) is 0 Å². The maximum absolute atomic E-state index is 11.9. The minimum absolute atomic E-state index is 0.121. The highest BCUT2D eigenvalue weighted by Gasteiger charge is 2.36. The normalized spacial score (nSPS) is 17.4. The van der Waals surface area contributed by atoms with Crippen LogP contribution >= 0.6 is 11.6 Å². The van der Waals surface area contributed by atoms with E-state index in [9.17, 15) is 13.2 Å². The third kappa shape index (κ3) is 4.21. The number of carbonyl (C=O) groups excluding carboxylic acids is 1. The number of hydrogen-bond donors (Lipinski definition) is 2. The van der Waals surface area contributed by atoms with Gasteiger partial charge in [-0.3, -0.25) is 4.79 Å². The molecule has 2 N–H and O–H groups in total. The van der Waals surface area contributed by atoms with Gasteiger partial charge in [0.05, 0.1) is 0 Å². The van der Waals surface area contributed by atoms with Crippen molar-refractivity contribution in [1.82, 2.24) is 10.0 Å². The molecule has 0 bridgehead atoms. The third-order valence-electron chi connectivity index (χ3n) is 4.27. The van der Waals surface area contributed by atoms with Crippen molar-refractivity contribution < 1.29 is 13.2 Å². The van der Waals surface area contributed by atoms with Crippen LogP contribution in [0.2, 0.25) is 5.02 Å². The molecule has 0 unspecified atom stereocenters. The first-order chi connectivity index (χ1) is 10.4. The predicted octanol–water partition coefficient (Wildman–Crippen LogP) is 1.82. The van der Waals surface area contributed by atoms with E-state index in [4.69, 9.17) is 11.6 Å². The Bertz CT molecular complexity index is 623. The molecular formula is C15H21ClN2O3S. The number of amides is 1. The Labute approximate surface area is 136 Å². The summed E-state index contributed by atoms with van der Waals surface area (Å²) in [6.45, 7) is 0.451. The molecule has 1 aliphatic rings. The van der Waals surface area contributed by atoms with Crippen molar-refractivity contribution in [3.63, 3.8) is 0 Å². The average Bonchev–Trinajstić information content (AvgIpc) is 2.95. The van der Waals surface area contributed by atoms with Crippen LogP contribution in [0.4, 0.5) is 0 Å². The van der Waals surface area contributed by atoms with E-state index < -0.39 is 21.7 Å². The molecule has 0 aromatic heterocycles. The molecule has 7 heteroatoms. The second-order valence-electron chi connectivity index (χ2n) is 5.73. The zero-order chi connectivity index (χ0) is 16.2. The molecular weight excluding hydrogens is 324 g/mol. The largest absolute Gasteiger partial charge is 0.354 e. The molecule has 1 aliphatic carbocycles. The number of hydrogen-bond acceptors (Lipinski definition) is 3. The number of rotatable bonds is 6. The Morgan fingerprint density at radius 2 is 1.82 bits per heavy atom. The van der Waals surface area contributed by atoms with E-state index in [1.54, 1.807) is 0 Å². The summed E-state index contributed by atoms with van der Waals surface area (Å²) < 4.78 is 25.0. The van der Waals surface area contributed by atoms with E-state index >= 15 is 0 Å². The summed E-state index contributed by atoms with van der Waals surface area (Å²) in [5, 5.41) is 3.46. The van der Waals surface area contributed by atoms with Gasteiger partial charge in [-0.2, -0.15) is 0 Å². The Kier molecular flexibility index (Phi) is 5.47. The van der Waals surface area contributed by atoms with Gasteiger partial charge in [0.1, 0.15) is 5.75 Å². The van der Waals surface area contributed by atoms with Crippen molar-refractivity contribution in [2.45, 2.75) is 31.1 Å². The maximum Gasteiger partial charge on any atom is 0.236 e. The number of sulfonamides is 1. The van der Waals surface area contributed by atoms with Crippen molar-refractivity contribution >= 4 is 27.5 Å². The number of carbonyl (C=O) groups is 1. The fraction of sp³-hybridized carbons (Fsp3) is 0.533. The van der Waals surface area contributed by atoms with E-state index in [0.29, 0.717) is 11.6 Å². The SMILES string of the molecule is CNS(=O)(=O)CC(=O)NCC1(c2ccc(Cl)cc2)CCCC1. The number of nitrogens with one attached hydrogen (secondary N) is 2. The van der Waals surface area contributed by atoms with Gasteiger partial charge >= 0.3 is 0 Å². The molecule has 122 valence electrons. The molecule has 0 aliphatic heterocycles. The van der Waals surface area contributed by atoms with Gasteiger partial charge in [-0.05, 0) is 37.6 Å². The highest BCUT2D eigenvalue weighted by atomic mass is 35.5. The molecule has 1 saturated carbocycles. The van der Waals surface area contributed by atoms with Gasteiger partial charge in [-0.15, -0.1) is 0 Å². The predicted molar refractivity (Wildman–Crippen MR) is 87.5 cm³/mol. The lowest BCUT2D eigenvalue weighted by molar-refractivity contribution is -0.118. The quantitative estimate of drug-likeness (QED) is 0.826. The summed E-state index contributed by atoms with van der Waals surface area (Å²) in [4.78, 5) is 11.9. The van der Waals surface area contributed by atoms with E-state index in [-0.39, 0.29) is 5.41 Å². The molecule has 1 aromatic rings. The summed E-state index contributed by atoms with van der Waals surface area (Å²) in [5.41, 5.74) is 1.02. The van der Waals surface area contributed by atoms with Gasteiger partial charge in [0.25, 0.3) is 0 Å². The molecule has 0 heterocycles. The van der Waals surface area contributed by atoms with Crippen molar-refractivity contribution in [2.75, 3.05) is 19.3 Å². The van der Waals surface area contributed by atoms with E-state index in [2.05, 4.69) is 10.0 Å². The van der Waals surface area contributed by atoms with E-state index in [0.717, 1.165) is 31.2 Å². The zero-order valence-corrected chi connectivity index (χ0v) is 14.1. The molecule has 1 aromatic carbocycles. The number of halogens is 1. The van der Waals surface area contributed by atoms with Crippen LogP contribution in [-0.4, -0.2) is 33.7 Å². The van der Waals surface area contributed by atoms with Crippen LogP contribution in [-0.2, 0) is 20.2 Å². The monoisotopic (exact) mass is 344 g/mol. The highest BCUT2D eigenvalue weighted by molar-refractivity contribution is 7.90. The van der Waals surface area contributed by atoms with Gasteiger partial charge in [-0.25, -0.2) is 13.1 Å². The molecule has 2 rings (SSSR count). The van der Waals surface area contributed by atoms with Gasteiger partial charge in [0.15, 0.2) is 0 Å². The Morgan fingerprint density at radius 3 is 2.36 bits per heavy atom. The lowest BCUT2D eigenvalue weighted by Gasteiger charge is -2.30. The van der Waals surface area contributed by atoms with E-state index in [1.165, 1.54) is 7.05 Å². The van der Waals surface area contributed by atoms with Crippen molar-refractivity contribution in [1.29, 1.82) is 0 Å². The smallest absolute Gasteiger partial charge is 0.236 e. The van der Waals surface area contributed by atoms with Crippen LogP contribution in [0.1, 0.15) is 31.2 Å². The summed E-state index contributed by atoms with van der Waals surface area (Å²) in [7, 11) is -2.23. The third-order valence-corrected chi connectivity index (χ3v) is 5.79. The fourth-order valence-corrected chi connectivity index (χ4v) is 3.70. The second-order valence-corrected chi connectivity index (χ2v) is 8.10. The van der Waals surface area contributed by atoms with Crippen LogP contribution in [0.5, 0.6) is 0 Å². The molecule has 0 radical (unpaired) electrons. The molecule has 22 heavy (non-hydrogen) atoms. The van der Waals surface area contributed by atoms with Crippen LogP contribution in [0.3, 0.4) is 0 Å². The van der Waals surface area contributed by atoms with Crippen molar-refractivity contribution in [3.05, 3.63) is 34.9 Å². The summed E-state index contributed by atoms with van der Waals surface area (Å²) in [6, 6.07) is 7.68. The van der Waals surface area contributed by atoms with Crippen molar-refractivity contribution in [3.8, 4) is 0 Å². The van der Waals surface area contributed by atoms with Gasteiger partial charge in [-0.1, -0.05) is 36.6 Å². The Morgan fingerprint density at radius 1 is 1.23 bits per heavy atom. The van der Waals surface area contributed by atoms with Crippen LogP contribution in [0, 0.1) is 0 Å². The summed E-state index contributed by atoms with van der Waals surface area (Å²) >= 11 is 5.94. The highest BCUT2D eigenvalue weighted by Crippen LogP contribution is 2.40. The molecule has 0 saturated heterocycles. The fourth-order valence-electron chi connectivity index (χ4n) is 2.99.